The Balaban J connectivity index is 2.22. The smallest absolute Gasteiger partial charge is 0.311 e. The Morgan fingerprint density at radius 3 is 2.70 bits per heavy atom. The Labute approximate surface area is 118 Å². The van der Waals surface area contributed by atoms with Crippen molar-refractivity contribution >= 4 is 5.97 Å². The largest absolute Gasteiger partial charge is 0.493 e. The van der Waals surface area contributed by atoms with Gasteiger partial charge in [-0.25, -0.2) is 0 Å². The van der Waals surface area contributed by atoms with E-state index in [1.54, 1.807) is 25.3 Å². The number of ether oxygens (including phenoxy) is 3. The molecule has 1 fully saturated rings. The van der Waals surface area contributed by atoms with Crippen LogP contribution in [0.2, 0.25) is 0 Å². The lowest BCUT2D eigenvalue weighted by atomic mass is 9.92. The van der Waals surface area contributed by atoms with Crippen LogP contribution in [0.1, 0.15) is 30.7 Å². The van der Waals surface area contributed by atoms with Gasteiger partial charge in [-0.3, -0.25) is 4.79 Å². The predicted octanol–water partition coefficient (Wildman–Crippen LogP) is 2.44. The van der Waals surface area contributed by atoms with Crippen molar-refractivity contribution < 1.29 is 24.1 Å². The van der Waals surface area contributed by atoms with Gasteiger partial charge in [-0.1, -0.05) is 6.07 Å². The second-order valence-electron chi connectivity index (χ2n) is 4.88. The molecule has 110 valence electrons. The van der Waals surface area contributed by atoms with E-state index in [2.05, 4.69) is 0 Å². The first-order valence-corrected chi connectivity index (χ1v) is 6.72. The second kappa shape index (κ2) is 6.61. The number of rotatable bonds is 6. The van der Waals surface area contributed by atoms with Gasteiger partial charge in [0.15, 0.2) is 11.5 Å². The monoisotopic (exact) mass is 280 g/mol. The standard InChI is InChI=1S/C15H20O5/c1-18-13-6-5-10(8-14(13)19-2)12(15(16)17)9-11-4-3-7-20-11/h5-6,8,11-12H,3-4,7,9H2,1-2H3,(H,16,17). The summed E-state index contributed by atoms with van der Waals surface area (Å²) in [4.78, 5) is 11.5. The minimum Gasteiger partial charge on any atom is -0.493 e. The van der Waals surface area contributed by atoms with Gasteiger partial charge in [-0.15, -0.1) is 0 Å². The fourth-order valence-electron chi connectivity index (χ4n) is 2.54. The van der Waals surface area contributed by atoms with Crippen molar-refractivity contribution in [3.05, 3.63) is 23.8 Å². The van der Waals surface area contributed by atoms with Gasteiger partial charge in [0.2, 0.25) is 0 Å². The first kappa shape index (κ1) is 14.7. The van der Waals surface area contributed by atoms with Crippen molar-refractivity contribution in [1.29, 1.82) is 0 Å². The van der Waals surface area contributed by atoms with Crippen LogP contribution in [0.4, 0.5) is 0 Å². The molecule has 1 N–H and O–H groups in total. The van der Waals surface area contributed by atoms with Gasteiger partial charge in [0.25, 0.3) is 0 Å². The van der Waals surface area contributed by atoms with E-state index in [0.717, 1.165) is 19.4 Å². The molecule has 2 atom stereocenters. The highest BCUT2D eigenvalue weighted by molar-refractivity contribution is 5.76. The summed E-state index contributed by atoms with van der Waals surface area (Å²) in [7, 11) is 3.09. The molecule has 0 aromatic heterocycles. The predicted molar refractivity (Wildman–Crippen MR) is 73.5 cm³/mol. The summed E-state index contributed by atoms with van der Waals surface area (Å²) in [6.45, 7) is 0.725. The van der Waals surface area contributed by atoms with Gasteiger partial charge in [0.05, 0.1) is 26.2 Å². The lowest BCUT2D eigenvalue weighted by Gasteiger charge is -2.18. The van der Waals surface area contributed by atoms with Crippen LogP contribution in [-0.2, 0) is 9.53 Å². The van der Waals surface area contributed by atoms with Gasteiger partial charge >= 0.3 is 5.97 Å². The molecule has 0 bridgehead atoms. The molecule has 0 aliphatic carbocycles. The van der Waals surface area contributed by atoms with Crippen molar-refractivity contribution in [2.45, 2.75) is 31.3 Å². The number of benzene rings is 1. The van der Waals surface area contributed by atoms with Gasteiger partial charge < -0.3 is 19.3 Å². The van der Waals surface area contributed by atoms with Crippen LogP contribution in [0, 0.1) is 0 Å². The van der Waals surface area contributed by atoms with E-state index >= 15 is 0 Å². The van der Waals surface area contributed by atoms with Crippen molar-refractivity contribution in [2.75, 3.05) is 20.8 Å². The summed E-state index contributed by atoms with van der Waals surface area (Å²) in [5.74, 6) is -0.285. The molecule has 5 heteroatoms. The first-order valence-electron chi connectivity index (χ1n) is 6.72. The molecule has 1 heterocycles. The SMILES string of the molecule is COc1ccc(C(CC2CCCO2)C(=O)O)cc1OC. The minimum absolute atomic E-state index is 0.0317. The summed E-state index contributed by atoms with van der Waals surface area (Å²) in [5, 5.41) is 9.45. The van der Waals surface area contributed by atoms with E-state index < -0.39 is 11.9 Å². The van der Waals surface area contributed by atoms with Crippen molar-refractivity contribution in [2.24, 2.45) is 0 Å². The molecule has 0 amide bonds. The Hall–Kier alpha value is -1.75. The Bertz CT molecular complexity index is 465. The maximum Gasteiger partial charge on any atom is 0.311 e. The van der Waals surface area contributed by atoms with E-state index in [1.165, 1.54) is 7.11 Å². The number of carboxylic acids is 1. The lowest BCUT2D eigenvalue weighted by molar-refractivity contribution is -0.139. The third kappa shape index (κ3) is 3.22. The molecule has 1 aliphatic rings. The molecule has 0 saturated carbocycles. The first-order chi connectivity index (χ1) is 9.65. The average Bonchev–Trinajstić information content (AvgIpc) is 2.96. The van der Waals surface area contributed by atoms with Crippen molar-refractivity contribution in [3.63, 3.8) is 0 Å². The van der Waals surface area contributed by atoms with Crippen LogP contribution in [0.25, 0.3) is 0 Å². The molecule has 5 nitrogen and oxygen atoms in total. The van der Waals surface area contributed by atoms with Gasteiger partial charge in [0.1, 0.15) is 0 Å². The molecule has 1 aromatic carbocycles. The minimum atomic E-state index is -0.840. The van der Waals surface area contributed by atoms with Crippen LogP contribution in [-0.4, -0.2) is 38.0 Å². The topological polar surface area (TPSA) is 65.0 Å². The average molecular weight is 280 g/mol. The number of hydrogen-bond acceptors (Lipinski definition) is 4. The second-order valence-corrected chi connectivity index (χ2v) is 4.88. The quantitative estimate of drug-likeness (QED) is 0.867. The molecular formula is C15H20O5. The summed E-state index contributed by atoms with van der Waals surface area (Å²) < 4.78 is 15.9. The highest BCUT2D eigenvalue weighted by Crippen LogP contribution is 2.33. The van der Waals surface area contributed by atoms with Crippen molar-refractivity contribution in [1.82, 2.24) is 0 Å². The lowest BCUT2D eigenvalue weighted by Crippen LogP contribution is -2.18. The Kier molecular flexibility index (Phi) is 4.84. The van der Waals surface area contributed by atoms with Crippen LogP contribution >= 0.6 is 0 Å². The zero-order chi connectivity index (χ0) is 14.5. The fourth-order valence-corrected chi connectivity index (χ4v) is 2.54. The summed E-state index contributed by atoms with van der Waals surface area (Å²) in [5.41, 5.74) is 0.714. The van der Waals surface area contributed by atoms with Crippen molar-refractivity contribution in [3.8, 4) is 11.5 Å². The van der Waals surface area contributed by atoms with Gasteiger partial charge in [0, 0.05) is 6.61 Å². The summed E-state index contributed by atoms with van der Waals surface area (Å²) in [6, 6.07) is 5.24. The van der Waals surface area contributed by atoms with Gasteiger partial charge in [-0.05, 0) is 37.0 Å². The fraction of sp³-hybridized carbons (Fsp3) is 0.533. The van der Waals surface area contributed by atoms with Crippen LogP contribution in [0.15, 0.2) is 18.2 Å². The molecule has 0 spiro atoms. The highest BCUT2D eigenvalue weighted by atomic mass is 16.5. The number of methoxy groups -OCH3 is 2. The van der Waals surface area contributed by atoms with Crippen LogP contribution in [0.3, 0.4) is 0 Å². The normalized spacial score (nSPS) is 19.6. The summed E-state index contributed by atoms with van der Waals surface area (Å²) in [6.07, 6.45) is 2.45. The number of carbonyl (C=O) groups is 1. The molecule has 1 aromatic rings. The van der Waals surface area contributed by atoms with E-state index in [4.69, 9.17) is 14.2 Å². The number of aliphatic carboxylic acids is 1. The molecule has 1 saturated heterocycles. The highest BCUT2D eigenvalue weighted by Gasteiger charge is 2.27. The third-order valence-corrected chi connectivity index (χ3v) is 3.63. The zero-order valence-corrected chi connectivity index (χ0v) is 11.8. The van der Waals surface area contributed by atoms with E-state index in [1.807, 2.05) is 0 Å². The molecule has 20 heavy (non-hydrogen) atoms. The maximum atomic E-state index is 11.5. The Morgan fingerprint density at radius 2 is 2.15 bits per heavy atom. The zero-order valence-electron chi connectivity index (χ0n) is 11.8. The Morgan fingerprint density at radius 1 is 1.40 bits per heavy atom. The molecule has 2 unspecified atom stereocenters. The number of carboxylic acid groups (broad SMARTS) is 1. The molecule has 2 rings (SSSR count). The number of hydrogen-bond donors (Lipinski definition) is 1. The van der Waals surface area contributed by atoms with E-state index in [9.17, 15) is 9.90 Å². The van der Waals surface area contributed by atoms with E-state index in [0.29, 0.717) is 23.5 Å². The molecule has 0 radical (unpaired) electrons. The third-order valence-electron chi connectivity index (χ3n) is 3.63. The maximum absolute atomic E-state index is 11.5. The molecular weight excluding hydrogens is 260 g/mol. The van der Waals surface area contributed by atoms with E-state index in [-0.39, 0.29) is 6.10 Å². The summed E-state index contributed by atoms with van der Waals surface area (Å²) >= 11 is 0. The van der Waals surface area contributed by atoms with Crippen LogP contribution < -0.4 is 9.47 Å². The molecule has 1 aliphatic heterocycles. The van der Waals surface area contributed by atoms with Crippen LogP contribution in [0.5, 0.6) is 11.5 Å². The van der Waals surface area contributed by atoms with Gasteiger partial charge in [-0.2, -0.15) is 0 Å².